The molecule has 22 heteroatoms. The quantitative estimate of drug-likeness (QED) is 0.0678. The SMILES string of the molecule is Cc1ccc(CCNC(=O)C23CC(=O)[C@@H]4CC(OC(=O)N5Cc6cccc(F)c6C5)CN4C(=O)C(CC(=O)OC(C)(C)C)CCCCC/C=C\C2C3)cc1.Cc1ccc(CCNC(=O)C23CC(=O)[C@@H]4CC(OC(=O)N5Cc6cccc(F)c6C5)CN4C(=O)C(CC(=O)OC(C)(C)C)CCCCC/C=C\C2C3)cc1C. The van der Waals surface area contributed by atoms with Gasteiger partial charge in [-0.2, -0.15) is 0 Å². The molecule has 10 atom stereocenters. The van der Waals surface area contributed by atoms with Gasteiger partial charge < -0.3 is 39.4 Å². The van der Waals surface area contributed by atoms with Crippen molar-refractivity contribution in [3.05, 3.63) is 165 Å². The van der Waals surface area contributed by atoms with Crippen LogP contribution in [0.5, 0.6) is 0 Å². The van der Waals surface area contributed by atoms with Crippen LogP contribution < -0.4 is 10.6 Å². The van der Waals surface area contributed by atoms with Crippen molar-refractivity contribution in [2.24, 2.45) is 34.5 Å². The Labute approximate surface area is 640 Å². The summed E-state index contributed by atoms with van der Waals surface area (Å²) < 4.78 is 52.0. The Hall–Kier alpha value is -9.08. The van der Waals surface area contributed by atoms with Crippen molar-refractivity contribution < 1.29 is 75.7 Å². The molecule has 2 saturated heterocycles. The van der Waals surface area contributed by atoms with Crippen molar-refractivity contribution in [1.82, 2.24) is 30.2 Å². The van der Waals surface area contributed by atoms with E-state index in [0.29, 0.717) is 86.7 Å². The first-order chi connectivity index (χ1) is 51.8. The molecule has 2 aliphatic carbocycles. The summed E-state index contributed by atoms with van der Waals surface area (Å²) in [6, 6.07) is 22.0. The van der Waals surface area contributed by atoms with E-state index in [4.69, 9.17) is 18.9 Å². The minimum absolute atomic E-state index is 0.0278. The number of fused-ring (bicyclic) bond motifs is 6. The van der Waals surface area contributed by atoms with Crippen molar-refractivity contribution in [1.29, 1.82) is 0 Å². The zero-order valence-electron chi connectivity index (χ0n) is 65.0. The number of carbonyl (C=O) groups excluding carboxylic acids is 10. The highest BCUT2D eigenvalue weighted by Gasteiger charge is 2.62. The van der Waals surface area contributed by atoms with Crippen molar-refractivity contribution in [3.63, 3.8) is 0 Å². The molecular formula is C87H110F2N6O14. The number of allylic oxidation sites excluding steroid dienone is 4. The lowest BCUT2D eigenvalue weighted by Crippen LogP contribution is -2.46. The van der Waals surface area contributed by atoms with E-state index in [1.165, 1.54) is 42.9 Å². The van der Waals surface area contributed by atoms with Crippen LogP contribution in [0.1, 0.15) is 207 Å². The minimum atomic E-state index is -0.949. The van der Waals surface area contributed by atoms with Crippen molar-refractivity contribution in [2.75, 3.05) is 26.2 Å². The summed E-state index contributed by atoms with van der Waals surface area (Å²) in [7, 11) is 0. The van der Waals surface area contributed by atoms with Gasteiger partial charge in [0.2, 0.25) is 23.6 Å². The summed E-state index contributed by atoms with van der Waals surface area (Å²) in [4.78, 5) is 145. The number of ketones is 2. The first kappa shape index (κ1) is 80.9. The number of halogens is 2. The van der Waals surface area contributed by atoms with E-state index in [1.807, 2.05) is 31.2 Å². The highest BCUT2D eigenvalue weighted by molar-refractivity contribution is 5.98. The maximum absolute atomic E-state index is 14.5. The van der Waals surface area contributed by atoms with Gasteiger partial charge in [0.25, 0.3) is 0 Å². The van der Waals surface area contributed by atoms with Crippen LogP contribution in [0, 0.1) is 66.9 Å². The first-order valence-corrected chi connectivity index (χ1v) is 39.4. The van der Waals surface area contributed by atoms with Gasteiger partial charge in [0.1, 0.15) is 35.0 Å². The Kier molecular flexibility index (Phi) is 25.9. The molecule has 0 aromatic heterocycles. The van der Waals surface area contributed by atoms with Crippen LogP contribution in [0.3, 0.4) is 0 Å². The molecule has 8 unspecified atom stereocenters. The Bertz CT molecular complexity index is 4120. The highest BCUT2D eigenvalue weighted by atomic mass is 19.1. The van der Waals surface area contributed by atoms with Crippen LogP contribution in [0.15, 0.2) is 103 Å². The number of amides is 6. The third kappa shape index (κ3) is 20.7. The van der Waals surface area contributed by atoms with Crippen molar-refractivity contribution in [3.8, 4) is 0 Å². The molecule has 0 spiro atoms. The van der Waals surface area contributed by atoms with E-state index in [1.54, 1.807) is 65.8 Å². The van der Waals surface area contributed by atoms with Crippen LogP contribution in [-0.4, -0.2) is 141 Å². The number of aryl methyl sites for hydroxylation is 3. The Morgan fingerprint density at radius 1 is 0.523 bits per heavy atom. The van der Waals surface area contributed by atoms with Gasteiger partial charge in [0, 0.05) is 74.8 Å². The normalized spacial score (nSPS) is 26.3. The molecule has 2 N–H and O–H groups in total. The second-order valence-electron chi connectivity index (χ2n) is 33.7. The second-order valence-corrected chi connectivity index (χ2v) is 33.7. The van der Waals surface area contributed by atoms with Crippen molar-refractivity contribution in [2.45, 2.75) is 252 Å². The van der Waals surface area contributed by atoms with Gasteiger partial charge in [-0.15, -0.1) is 0 Å². The van der Waals surface area contributed by atoms with Crippen LogP contribution in [0.25, 0.3) is 0 Å². The summed E-state index contributed by atoms with van der Waals surface area (Å²) >= 11 is 0. The molecule has 6 heterocycles. The van der Waals surface area contributed by atoms with Gasteiger partial charge in [-0.3, -0.25) is 48.2 Å². The van der Waals surface area contributed by atoms with Crippen LogP contribution in [0.2, 0.25) is 0 Å². The zero-order valence-corrected chi connectivity index (χ0v) is 65.0. The predicted octanol–water partition coefficient (Wildman–Crippen LogP) is 13.8. The number of rotatable bonds is 14. The largest absolute Gasteiger partial charge is 0.460 e. The number of hydrogen-bond acceptors (Lipinski definition) is 14. The number of ether oxygens (including phenoxy) is 4. The van der Waals surface area contributed by atoms with Crippen molar-refractivity contribution >= 4 is 59.3 Å². The minimum Gasteiger partial charge on any atom is -0.460 e. The van der Waals surface area contributed by atoms with Gasteiger partial charge in [-0.05, 0) is 184 Å². The number of Topliss-reactive ketones (excluding diaryl/α,β-unsaturated/α-hetero) is 2. The smallest absolute Gasteiger partial charge is 0.410 e. The summed E-state index contributed by atoms with van der Waals surface area (Å²) in [6.07, 6.45) is 14.9. The maximum Gasteiger partial charge on any atom is 0.410 e. The van der Waals surface area contributed by atoms with E-state index in [0.717, 1.165) is 55.2 Å². The molecular weight excluding hydrogens is 1390 g/mol. The molecule has 586 valence electrons. The van der Waals surface area contributed by atoms with E-state index in [-0.39, 0.29) is 136 Å². The lowest BCUT2D eigenvalue weighted by molar-refractivity contribution is -0.159. The third-order valence-electron chi connectivity index (χ3n) is 22.9. The average molecular weight is 1500 g/mol. The molecule has 12 rings (SSSR count). The molecule has 4 fully saturated rings. The Morgan fingerprint density at radius 3 is 1.38 bits per heavy atom. The van der Waals surface area contributed by atoms with E-state index >= 15 is 0 Å². The molecule has 20 nitrogen and oxygen atoms in total. The number of carbonyl (C=O) groups is 10. The average Bonchev–Trinajstić information content (AvgIpc) is 1.59. The Morgan fingerprint density at radius 2 is 0.954 bits per heavy atom. The second kappa shape index (κ2) is 34.9. The summed E-state index contributed by atoms with van der Waals surface area (Å²) in [6.45, 7) is 18.1. The van der Waals surface area contributed by atoms with Crippen LogP contribution in [0.4, 0.5) is 18.4 Å². The van der Waals surface area contributed by atoms with Gasteiger partial charge >= 0.3 is 24.1 Å². The molecule has 4 aromatic carbocycles. The number of nitrogens with one attached hydrogen (secondary N) is 2. The topological polar surface area (TPSA) is 245 Å². The lowest BCUT2D eigenvalue weighted by atomic mass is 9.90. The molecule has 6 amide bonds. The predicted molar refractivity (Wildman–Crippen MR) is 405 cm³/mol. The van der Waals surface area contributed by atoms with Gasteiger partial charge in [-0.1, -0.05) is 122 Å². The number of nitrogens with zero attached hydrogens (tertiary/aromatic N) is 4. The molecule has 8 aliphatic rings. The zero-order chi connectivity index (χ0) is 78.1. The standard InChI is InChI=1S/C44H56FN3O7.C43H54FN3O7/c1-28-16-17-30(20-29(28)2)18-19-46-41(52)44-23-33(44)14-10-8-6-7-9-12-31(21-39(50)55-43(3,4)5)40(51)48-26-34(22-37(48)38(49)24-44)54-42(53)47-25-32-13-11-15-36(45)35(32)27-47;1-28-15-17-29(18-16-28)19-20-45-40(51)43-23-32(43)13-9-7-5-6-8-11-30(21-38(49)54-42(2,3)4)39(50)47-26-33(22-36(47)37(48)24-43)53-41(52)46-25-31-12-10-14-35(44)34(31)27-46/h10-11,13-17,20,31,33-34,37H,6-9,12,18-19,21-27H2,1-5H3,(H,46,52);9-10,12-18,30,32-33,36H,5-8,11,19-27H2,1-4H3,(H,45,51)/b14-10-;13-9-/t31?,33?,34?,37-,44?;30?,32?,33?,36-,43?/m00/s1. The Balaban J connectivity index is 0.000000217. The van der Waals surface area contributed by atoms with Crippen LogP contribution >= 0.6 is 0 Å². The fraction of sp³-hybridized carbons (Fsp3) is 0.563. The van der Waals surface area contributed by atoms with Gasteiger partial charge in [0.05, 0.1) is 61.9 Å². The molecule has 4 aromatic rings. The van der Waals surface area contributed by atoms with Crippen LogP contribution in [-0.2, 0) is 96.3 Å². The molecule has 2 saturated carbocycles. The molecule has 109 heavy (non-hydrogen) atoms. The number of hydrogen-bond donors (Lipinski definition) is 2. The monoisotopic (exact) mass is 1500 g/mol. The molecule has 0 radical (unpaired) electrons. The van der Waals surface area contributed by atoms with E-state index in [2.05, 4.69) is 67.0 Å². The third-order valence-corrected chi connectivity index (χ3v) is 22.9. The summed E-state index contributed by atoms with van der Waals surface area (Å²) in [5, 5.41) is 6.21. The van der Waals surface area contributed by atoms with Gasteiger partial charge in [0.15, 0.2) is 11.6 Å². The highest BCUT2D eigenvalue weighted by Crippen LogP contribution is 2.58. The summed E-state index contributed by atoms with van der Waals surface area (Å²) in [5.74, 6) is -5.03. The van der Waals surface area contributed by atoms with E-state index in [9.17, 15) is 56.7 Å². The number of esters is 2. The number of benzene rings is 4. The maximum atomic E-state index is 14.5. The fourth-order valence-electron chi connectivity index (χ4n) is 16.6. The van der Waals surface area contributed by atoms with E-state index < -0.39 is 82.3 Å². The summed E-state index contributed by atoms with van der Waals surface area (Å²) in [5.41, 5.74) is 4.74. The lowest BCUT2D eigenvalue weighted by Gasteiger charge is -2.29. The van der Waals surface area contributed by atoms with Gasteiger partial charge in [-0.25, -0.2) is 18.4 Å². The molecule has 6 aliphatic heterocycles. The fourth-order valence-corrected chi connectivity index (χ4v) is 16.6. The molecule has 0 bridgehead atoms. The first-order valence-electron chi connectivity index (χ1n) is 39.4.